The van der Waals surface area contributed by atoms with Crippen LogP contribution in [-0.2, 0) is 0 Å². The average Bonchev–Trinajstić information content (AvgIpc) is 2.70. The van der Waals surface area contributed by atoms with Crippen molar-refractivity contribution >= 4 is 17.0 Å². The number of aromatic nitrogens is 3. The summed E-state index contributed by atoms with van der Waals surface area (Å²) in [5.41, 5.74) is 1.61. The van der Waals surface area contributed by atoms with E-state index in [1.807, 2.05) is 6.92 Å². The van der Waals surface area contributed by atoms with Crippen molar-refractivity contribution in [2.45, 2.75) is 33.2 Å². The van der Waals surface area contributed by atoms with Gasteiger partial charge in [0.25, 0.3) is 0 Å². The number of aromatic carboxylic acids is 1. The molecule has 1 N–H and O–H groups in total. The normalized spacial score (nSPS) is 12.9. The highest BCUT2D eigenvalue weighted by Gasteiger charge is 2.16. The molecule has 2 aromatic rings. The summed E-state index contributed by atoms with van der Waals surface area (Å²) < 4.78 is 1.79. The van der Waals surface area contributed by atoms with Crippen LogP contribution < -0.4 is 0 Å². The van der Waals surface area contributed by atoms with Crippen LogP contribution in [0.25, 0.3) is 11.0 Å². The number of aryl methyl sites for hydroxylation is 1. The summed E-state index contributed by atoms with van der Waals surface area (Å²) in [6.45, 7) is 5.89. The van der Waals surface area contributed by atoms with Crippen LogP contribution in [0.15, 0.2) is 12.3 Å². The largest absolute Gasteiger partial charge is 0.478 e. The van der Waals surface area contributed by atoms with Gasteiger partial charge in [-0.2, -0.15) is 5.10 Å². The summed E-state index contributed by atoms with van der Waals surface area (Å²) in [6.07, 6.45) is 2.51. The van der Waals surface area contributed by atoms with E-state index in [-0.39, 0.29) is 11.6 Å². The summed E-state index contributed by atoms with van der Waals surface area (Å²) in [7, 11) is 0. The van der Waals surface area contributed by atoms with Gasteiger partial charge in [-0.05, 0) is 26.3 Å². The van der Waals surface area contributed by atoms with Crippen LogP contribution in [0.2, 0.25) is 0 Å². The van der Waals surface area contributed by atoms with Gasteiger partial charge in [0.05, 0.1) is 23.2 Å². The van der Waals surface area contributed by atoms with Gasteiger partial charge >= 0.3 is 5.97 Å². The maximum atomic E-state index is 11.2. The molecule has 0 bridgehead atoms. The molecule has 2 heterocycles. The second-order valence-corrected chi connectivity index (χ2v) is 4.20. The first-order valence-corrected chi connectivity index (χ1v) is 5.62. The average molecular weight is 233 g/mol. The number of pyridine rings is 1. The van der Waals surface area contributed by atoms with E-state index in [4.69, 9.17) is 5.11 Å². The lowest BCUT2D eigenvalue weighted by atomic mass is 10.1. The lowest BCUT2D eigenvalue weighted by molar-refractivity contribution is 0.0699. The van der Waals surface area contributed by atoms with Crippen molar-refractivity contribution in [1.29, 1.82) is 0 Å². The molecule has 2 rings (SSSR count). The minimum Gasteiger partial charge on any atom is -0.478 e. The van der Waals surface area contributed by atoms with E-state index in [1.54, 1.807) is 23.9 Å². The van der Waals surface area contributed by atoms with Gasteiger partial charge in [0.2, 0.25) is 0 Å². The van der Waals surface area contributed by atoms with E-state index in [2.05, 4.69) is 17.0 Å². The molecule has 0 aliphatic rings. The molecule has 0 fully saturated rings. The first-order chi connectivity index (χ1) is 8.04. The predicted molar refractivity (Wildman–Crippen MR) is 64.2 cm³/mol. The summed E-state index contributed by atoms with van der Waals surface area (Å²) >= 11 is 0. The van der Waals surface area contributed by atoms with E-state index >= 15 is 0 Å². The third kappa shape index (κ3) is 1.88. The quantitative estimate of drug-likeness (QED) is 0.883. The summed E-state index contributed by atoms with van der Waals surface area (Å²) in [4.78, 5) is 15.5. The minimum atomic E-state index is -0.941. The highest BCUT2D eigenvalue weighted by atomic mass is 16.4. The molecule has 0 radical (unpaired) electrons. The Bertz CT molecular complexity index is 574. The second-order valence-electron chi connectivity index (χ2n) is 4.20. The Morgan fingerprint density at radius 2 is 2.29 bits per heavy atom. The molecule has 5 nitrogen and oxygen atoms in total. The first kappa shape index (κ1) is 11.6. The Kier molecular flexibility index (Phi) is 2.83. The van der Waals surface area contributed by atoms with Crippen LogP contribution >= 0.6 is 0 Å². The van der Waals surface area contributed by atoms with Crippen molar-refractivity contribution in [2.75, 3.05) is 0 Å². The minimum absolute atomic E-state index is 0.212. The van der Waals surface area contributed by atoms with Crippen LogP contribution in [0.3, 0.4) is 0 Å². The molecule has 0 aliphatic heterocycles. The molecule has 1 atom stereocenters. The molecule has 90 valence electrons. The molecule has 17 heavy (non-hydrogen) atoms. The van der Waals surface area contributed by atoms with Crippen LogP contribution in [0.1, 0.15) is 42.4 Å². The number of carbonyl (C=O) groups is 1. The monoisotopic (exact) mass is 233 g/mol. The van der Waals surface area contributed by atoms with E-state index < -0.39 is 5.97 Å². The fraction of sp³-hybridized carbons (Fsp3) is 0.417. The molecule has 0 aliphatic carbocycles. The fourth-order valence-corrected chi connectivity index (χ4v) is 1.82. The molecule has 5 heteroatoms. The predicted octanol–water partition coefficient (Wildman–Crippen LogP) is 2.41. The van der Waals surface area contributed by atoms with Gasteiger partial charge in [-0.15, -0.1) is 0 Å². The lowest BCUT2D eigenvalue weighted by Crippen LogP contribution is -2.07. The maximum absolute atomic E-state index is 11.2. The molecular formula is C12H15N3O2. The third-order valence-electron chi connectivity index (χ3n) is 2.93. The van der Waals surface area contributed by atoms with Crippen molar-refractivity contribution < 1.29 is 9.90 Å². The Morgan fingerprint density at radius 1 is 1.59 bits per heavy atom. The third-order valence-corrected chi connectivity index (χ3v) is 2.93. The molecule has 0 unspecified atom stereocenters. The van der Waals surface area contributed by atoms with E-state index in [1.165, 1.54) is 0 Å². The highest BCUT2D eigenvalue weighted by Crippen LogP contribution is 2.22. The Labute approximate surface area is 99.1 Å². The molecule has 0 saturated heterocycles. The lowest BCUT2D eigenvalue weighted by Gasteiger charge is -2.10. The SMILES string of the molecule is CC[C@@H](C)n1ncc2c(C(=O)O)cc(C)nc21. The zero-order chi connectivity index (χ0) is 12.6. The zero-order valence-corrected chi connectivity index (χ0v) is 10.1. The molecule has 0 aromatic carbocycles. The van der Waals surface area contributed by atoms with Gasteiger partial charge < -0.3 is 5.11 Å². The van der Waals surface area contributed by atoms with Crippen molar-refractivity contribution in [1.82, 2.24) is 14.8 Å². The summed E-state index contributed by atoms with van der Waals surface area (Å²) in [5, 5.41) is 14.0. The van der Waals surface area contributed by atoms with E-state index in [9.17, 15) is 4.79 Å². The summed E-state index contributed by atoms with van der Waals surface area (Å²) in [6, 6.07) is 1.79. The van der Waals surface area contributed by atoms with E-state index in [0.29, 0.717) is 16.7 Å². The zero-order valence-electron chi connectivity index (χ0n) is 10.1. The molecule has 0 amide bonds. The van der Waals surface area contributed by atoms with Crippen molar-refractivity contribution in [2.24, 2.45) is 0 Å². The number of carboxylic acid groups (broad SMARTS) is 1. The molecule has 0 spiro atoms. The van der Waals surface area contributed by atoms with Crippen molar-refractivity contribution in [3.05, 3.63) is 23.5 Å². The van der Waals surface area contributed by atoms with E-state index in [0.717, 1.165) is 6.42 Å². The standard InChI is InChI=1S/C12H15N3O2/c1-4-8(3)15-11-10(6-13-15)9(12(16)17)5-7(2)14-11/h5-6,8H,4H2,1-3H3,(H,16,17)/t8-/m1/s1. The molecular weight excluding hydrogens is 218 g/mol. The van der Waals surface area contributed by atoms with Crippen LogP contribution in [0, 0.1) is 6.92 Å². The number of fused-ring (bicyclic) bond motifs is 1. The first-order valence-electron chi connectivity index (χ1n) is 5.62. The van der Waals surface area contributed by atoms with Gasteiger partial charge in [0.15, 0.2) is 5.65 Å². The number of carboxylic acids is 1. The molecule has 0 saturated carbocycles. The van der Waals surface area contributed by atoms with Gasteiger partial charge in [0.1, 0.15) is 0 Å². The van der Waals surface area contributed by atoms with Gasteiger partial charge in [0, 0.05) is 5.69 Å². The fourth-order valence-electron chi connectivity index (χ4n) is 1.82. The Balaban J connectivity index is 2.73. The van der Waals surface area contributed by atoms with Crippen LogP contribution in [0.5, 0.6) is 0 Å². The number of hydrogen-bond donors (Lipinski definition) is 1. The number of nitrogens with zero attached hydrogens (tertiary/aromatic N) is 3. The van der Waals surface area contributed by atoms with Gasteiger partial charge in [-0.3, -0.25) is 0 Å². The highest BCUT2D eigenvalue weighted by molar-refractivity contribution is 6.01. The Hall–Kier alpha value is -1.91. The van der Waals surface area contributed by atoms with Gasteiger partial charge in [-0.25, -0.2) is 14.5 Å². The van der Waals surface area contributed by atoms with Crippen molar-refractivity contribution in [3.63, 3.8) is 0 Å². The summed E-state index contributed by atoms with van der Waals surface area (Å²) in [5.74, 6) is -0.941. The van der Waals surface area contributed by atoms with Crippen LogP contribution in [-0.4, -0.2) is 25.8 Å². The second kappa shape index (κ2) is 4.16. The van der Waals surface area contributed by atoms with Crippen LogP contribution in [0.4, 0.5) is 0 Å². The van der Waals surface area contributed by atoms with Gasteiger partial charge in [-0.1, -0.05) is 6.92 Å². The topological polar surface area (TPSA) is 68.0 Å². The maximum Gasteiger partial charge on any atom is 0.336 e. The smallest absolute Gasteiger partial charge is 0.336 e. The Morgan fingerprint density at radius 3 is 2.88 bits per heavy atom. The number of rotatable bonds is 3. The molecule has 2 aromatic heterocycles. The number of hydrogen-bond acceptors (Lipinski definition) is 3. The van der Waals surface area contributed by atoms with Crippen molar-refractivity contribution in [3.8, 4) is 0 Å².